The summed E-state index contributed by atoms with van der Waals surface area (Å²) in [5.74, 6) is -0.0143. The van der Waals surface area contributed by atoms with E-state index >= 15 is 0 Å². The summed E-state index contributed by atoms with van der Waals surface area (Å²) in [5.41, 5.74) is 6.88. The van der Waals surface area contributed by atoms with Crippen molar-refractivity contribution in [2.45, 2.75) is 38.7 Å². The van der Waals surface area contributed by atoms with Gasteiger partial charge >= 0.3 is 0 Å². The monoisotopic (exact) mass is 436 g/mol. The van der Waals surface area contributed by atoms with Crippen LogP contribution in [0.25, 0.3) is 0 Å². The van der Waals surface area contributed by atoms with Crippen LogP contribution in [-0.4, -0.2) is 45.7 Å². The van der Waals surface area contributed by atoms with Gasteiger partial charge in [0.2, 0.25) is 0 Å². The molecule has 31 heavy (non-hydrogen) atoms. The first-order valence-electron chi connectivity index (χ1n) is 10.8. The molecule has 5 rings (SSSR count). The Morgan fingerprint density at radius 3 is 3.03 bits per heavy atom. The van der Waals surface area contributed by atoms with Gasteiger partial charge in [-0.2, -0.15) is 5.10 Å². The van der Waals surface area contributed by atoms with Crippen LogP contribution < -0.4 is 0 Å². The maximum absolute atomic E-state index is 13.2. The van der Waals surface area contributed by atoms with Gasteiger partial charge in [0.15, 0.2) is 5.69 Å². The van der Waals surface area contributed by atoms with Crippen molar-refractivity contribution in [3.8, 4) is 0 Å². The van der Waals surface area contributed by atoms with Crippen molar-refractivity contribution in [1.29, 1.82) is 0 Å². The lowest BCUT2D eigenvalue weighted by Crippen LogP contribution is -2.43. The highest BCUT2D eigenvalue weighted by molar-refractivity contribution is 6.30. The number of rotatable bonds is 4. The molecule has 1 amide bonds. The number of fused-ring (bicyclic) bond motifs is 1. The predicted molar refractivity (Wildman–Crippen MR) is 118 cm³/mol. The van der Waals surface area contributed by atoms with Crippen molar-refractivity contribution in [2.24, 2.45) is 0 Å². The van der Waals surface area contributed by atoms with E-state index in [1.165, 1.54) is 0 Å². The third-order valence-corrected chi connectivity index (χ3v) is 6.26. The van der Waals surface area contributed by atoms with Gasteiger partial charge < -0.3 is 9.64 Å². The number of carbonyl (C=O) groups is 1. The Morgan fingerprint density at radius 2 is 2.16 bits per heavy atom. The smallest absolute Gasteiger partial charge is 0.274 e. The fourth-order valence-corrected chi connectivity index (χ4v) is 4.79. The number of halogens is 1. The zero-order valence-corrected chi connectivity index (χ0v) is 18.3. The van der Waals surface area contributed by atoms with E-state index in [4.69, 9.17) is 21.3 Å². The molecule has 3 aromatic rings. The van der Waals surface area contributed by atoms with Crippen molar-refractivity contribution in [3.05, 3.63) is 80.9 Å². The summed E-state index contributed by atoms with van der Waals surface area (Å²) in [7, 11) is 0. The number of carbonyl (C=O) groups excluding carboxylic acids is 1. The first kappa shape index (κ1) is 20.2. The van der Waals surface area contributed by atoms with Crippen LogP contribution >= 0.6 is 11.6 Å². The predicted octanol–water partition coefficient (Wildman–Crippen LogP) is 4.06. The first-order valence-corrected chi connectivity index (χ1v) is 11.1. The third-order valence-electron chi connectivity index (χ3n) is 6.02. The fourth-order valence-electron chi connectivity index (χ4n) is 4.58. The van der Waals surface area contributed by atoms with Crippen LogP contribution in [0.2, 0.25) is 5.02 Å². The molecule has 0 spiro atoms. The van der Waals surface area contributed by atoms with E-state index in [1.807, 2.05) is 30.0 Å². The number of pyridine rings is 1. The Balaban J connectivity index is 1.35. The Kier molecular flexibility index (Phi) is 5.50. The highest BCUT2D eigenvalue weighted by Gasteiger charge is 2.31. The van der Waals surface area contributed by atoms with Gasteiger partial charge in [-0.3, -0.25) is 14.9 Å². The molecule has 1 N–H and O–H groups in total. The number of nitrogens with one attached hydrogen (secondary N) is 1. The van der Waals surface area contributed by atoms with Crippen molar-refractivity contribution in [3.63, 3.8) is 0 Å². The van der Waals surface area contributed by atoms with E-state index < -0.39 is 0 Å². The second kappa shape index (κ2) is 8.44. The number of hydrogen-bond acceptors (Lipinski definition) is 4. The second-order valence-corrected chi connectivity index (χ2v) is 8.78. The zero-order valence-electron chi connectivity index (χ0n) is 17.5. The van der Waals surface area contributed by atoms with E-state index in [1.54, 1.807) is 0 Å². The number of ether oxygens (including phenoxy) is 1. The molecule has 1 aromatic carbocycles. The van der Waals surface area contributed by atoms with Gasteiger partial charge in [-0.15, -0.1) is 0 Å². The summed E-state index contributed by atoms with van der Waals surface area (Å²) in [6.45, 7) is 3.53. The summed E-state index contributed by atoms with van der Waals surface area (Å²) < 4.78 is 6.03. The van der Waals surface area contributed by atoms with E-state index in [2.05, 4.69) is 28.4 Å². The number of nitrogens with zero attached hydrogens (tertiary/aromatic N) is 3. The molecular formula is C24H25ClN4O2. The summed E-state index contributed by atoms with van der Waals surface area (Å²) in [6, 6.07) is 12.1. The van der Waals surface area contributed by atoms with Crippen LogP contribution in [0.3, 0.4) is 0 Å². The molecule has 160 valence electrons. The fraction of sp³-hybridized carbons (Fsp3) is 0.375. The van der Waals surface area contributed by atoms with Gasteiger partial charge in [0.05, 0.1) is 18.8 Å². The maximum atomic E-state index is 13.2. The summed E-state index contributed by atoms with van der Waals surface area (Å²) in [6.07, 6.45) is 3.50. The number of aryl methyl sites for hydroxylation is 2. The normalized spacial score (nSPS) is 18.3. The van der Waals surface area contributed by atoms with E-state index in [-0.39, 0.29) is 12.0 Å². The number of H-pyrrole nitrogens is 1. The van der Waals surface area contributed by atoms with E-state index in [0.717, 1.165) is 64.5 Å². The molecule has 3 heterocycles. The van der Waals surface area contributed by atoms with Gasteiger partial charge in [-0.05, 0) is 68.0 Å². The molecule has 1 atom stereocenters. The molecule has 1 aliphatic carbocycles. The van der Waals surface area contributed by atoms with Crippen molar-refractivity contribution in [2.75, 3.05) is 19.7 Å². The van der Waals surface area contributed by atoms with Crippen LogP contribution in [0.15, 0.2) is 36.4 Å². The number of amides is 1. The van der Waals surface area contributed by atoms with E-state index in [0.29, 0.717) is 25.4 Å². The second-order valence-electron chi connectivity index (χ2n) is 8.34. The average Bonchev–Trinajstić information content (AvgIpc) is 3.37. The van der Waals surface area contributed by atoms with E-state index in [9.17, 15) is 4.79 Å². The topological polar surface area (TPSA) is 71.1 Å². The van der Waals surface area contributed by atoms with Crippen molar-refractivity contribution in [1.82, 2.24) is 20.1 Å². The van der Waals surface area contributed by atoms with Crippen LogP contribution in [-0.2, 0) is 24.0 Å². The quantitative estimate of drug-likeness (QED) is 0.669. The lowest BCUT2D eigenvalue weighted by Gasteiger charge is -2.32. The molecule has 2 aromatic heterocycles. The molecule has 1 fully saturated rings. The number of morpholine rings is 1. The van der Waals surface area contributed by atoms with Gasteiger partial charge in [-0.25, -0.2) is 0 Å². The lowest BCUT2D eigenvalue weighted by molar-refractivity contribution is -0.0250. The maximum Gasteiger partial charge on any atom is 0.274 e. The molecule has 2 aliphatic rings. The average molecular weight is 437 g/mol. The minimum absolute atomic E-state index is 0.0143. The highest BCUT2D eigenvalue weighted by atomic mass is 35.5. The standard InChI is InChI=1S/C24H25ClN4O2/c1-15-10-17(11-16-4-2-5-18(25)12-16)13-21(26-15)22-14-29(8-9-31-22)24(30)23-19-6-3-7-20(19)27-28-23/h2,4-5,10,12-13,22H,3,6-9,11,14H2,1H3,(H,27,28)/t22-/m0/s1. The first-order chi connectivity index (χ1) is 15.1. The molecule has 0 radical (unpaired) electrons. The number of benzene rings is 1. The number of hydrogen-bond donors (Lipinski definition) is 1. The minimum atomic E-state index is -0.247. The molecular weight excluding hydrogens is 412 g/mol. The molecule has 1 saturated heterocycles. The Morgan fingerprint density at radius 1 is 1.26 bits per heavy atom. The molecule has 0 saturated carbocycles. The Hall–Kier alpha value is -2.70. The van der Waals surface area contributed by atoms with Crippen LogP contribution in [0.5, 0.6) is 0 Å². The molecule has 0 bridgehead atoms. The van der Waals surface area contributed by atoms with Crippen LogP contribution in [0.1, 0.15) is 56.8 Å². The summed E-state index contributed by atoms with van der Waals surface area (Å²) in [5, 5.41) is 8.08. The highest BCUT2D eigenvalue weighted by Crippen LogP contribution is 2.27. The molecule has 7 heteroatoms. The van der Waals surface area contributed by atoms with Gasteiger partial charge in [-0.1, -0.05) is 23.7 Å². The largest absolute Gasteiger partial charge is 0.368 e. The zero-order chi connectivity index (χ0) is 21.4. The summed E-state index contributed by atoms with van der Waals surface area (Å²) in [4.78, 5) is 19.7. The van der Waals surface area contributed by atoms with Gasteiger partial charge in [0.25, 0.3) is 5.91 Å². The SMILES string of the molecule is Cc1cc(Cc2cccc(Cl)c2)cc([C@@H]2CN(C(=O)c3n[nH]c4c3CCC4)CCO2)n1. The number of aromatic nitrogens is 3. The minimum Gasteiger partial charge on any atom is -0.368 e. The molecule has 0 unspecified atom stereocenters. The third kappa shape index (κ3) is 4.23. The Bertz CT molecular complexity index is 1130. The number of aromatic amines is 1. The Labute approximate surface area is 186 Å². The van der Waals surface area contributed by atoms with Crippen molar-refractivity contribution < 1.29 is 9.53 Å². The van der Waals surface area contributed by atoms with Gasteiger partial charge in [0.1, 0.15) is 6.10 Å². The summed E-state index contributed by atoms with van der Waals surface area (Å²) >= 11 is 6.14. The van der Waals surface area contributed by atoms with Crippen LogP contribution in [0, 0.1) is 6.92 Å². The lowest BCUT2D eigenvalue weighted by atomic mass is 10.0. The van der Waals surface area contributed by atoms with Gasteiger partial charge in [0, 0.05) is 28.5 Å². The van der Waals surface area contributed by atoms with Crippen LogP contribution in [0.4, 0.5) is 0 Å². The molecule has 1 aliphatic heterocycles. The molecule has 6 nitrogen and oxygen atoms in total. The van der Waals surface area contributed by atoms with Crippen molar-refractivity contribution >= 4 is 17.5 Å².